The van der Waals surface area contributed by atoms with E-state index < -0.39 is 0 Å². The largest absolute Gasteiger partial charge is 0.370 e. The van der Waals surface area contributed by atoms with Gasteiger partial charge in [-0.15, -0.1) is 0 Å². The Morgan fingerprint density at radius 3 is 2.42 bits per heavy atom. The molecular weight excluding hydrogens is 306 g/mol. The Balaban J connectivity index is 1.51. The maximum absolute atomic E-state index is 12.7. The van der Waals surface area contributed by atoms with E-state index in [1.807, 2.05) is 4.90 Å². The Morgan fingerprint density at radius 1 is 1.17 bits per heavy atom. The Labute approximate surface area is 142 Å². The van der Waals surface area contributed by atoms with Gasteiger partial charge in [0.05, 0.1) is 11.9 Å². The molecule has 0 atom stereocenters. The summed E-state index contributed by atoms with van der Waals surface area (Å²) in [6.07, 6.45) is 3.36. The minimum Gasteiger partial charge on any atom is -0.370 e. The zero-order chi connectivity index (χ0) is 17.1. The van der Waals surface area contributed by atoms with Crippen molar-refractivity contribution in [2.24, 2.45) is 5.92 Å². The van der Waals surface area contributed by atoms with E-state index in [0.717, 1.165) is 57.8 Å². The van der Waals surface area contributed by atoms with Crippen molar-refractivity contribution in [2.75, 3.05) is 44.2 Å². The summed E-state index contributed by atoms with van der Waals surface area (Å²) in [5.74, 6) is 0.420. The summed E-state index contributed by atoms with van der Waals surface area (Å²) < 4.78 is 0. The van der Waals surface area contributed by atoms with Gasteiger partial charge in [-0.2, -0.15) is 5.10 Å². The number of aromatic amines is 1. The van der Waals surface area contributed by atoms with Gasteiger partial charge in [0.25, 0.3) is 5.56 Å². The number of nitrogens with zero attached hydrogens (tertiary/aromatic N) is 4. The molecule has 1 aromatic rings. The van der Waals surface area contributed by atoms with Crippen LogP contribution in [0.4, 0.5) is 5.69 Å². The molecule has 0 radical (unpaired) electrons. The van der Waals surface area contributed by atoms with Crippen molar-refractivity contribution in [1.82, 2.24) is 20.0 Å². The van der Waals surface area contributed by atoms with Crippen molar-refractivity contribution in [1.29, 1.82) is 0 Å². The van der Waals surface area contributed by atoms with E-state index in [1.165, 1.54) is 0 Å². The molecule has 3 heterocycles. The number of amides is 1. The van der Waals surface area contributed by atoms with Crippen LogP contribution < -0.4 is 10.5 Å². The van der Waals surface area contributed by atoms with Gasteiger partial charge in [-0.05, 0) is 26.7 Å². The maximum Gasteiger partial charge on any atom is 0.266 e. The van der Waals surface area contributed by atoms with Crippen molar-refractivity contribution < 1.29 is 4.79 Å². The van der Waals surface area contributed by atoms with Crippen LogP contribution in [0.5, 0.6) is 0 Å². The van der Waals surface area contributed by atoms with E-state index in [-0.39, 0.29) is 11.5 Å². The molecule has 2 saturated heterocycles. The fraction of sp³-hybridized carbons (Fsp3) is 0.706. The number of carbonyl (C=O) groups is 1. The van der Waals surface area contributed by atoms with Crippen LogP contribution in [0.15, 0.2) is 17.1 Å². The molecule has 2 aliphatic rings. The Bertz CT molecular complexity index is 613. The Kier molecular flexibility index (Phi) is 5.18. The molecule has 1 N–H and O–H groups in total. The second-order valence-electron chi connectivity index (χ2n) is 7.02. The topological polar surface area (TPSA) is 72.5 Å². The second-order valence-corrected chi connectivity index (χ2v) is 7.02. The molecule has 0 saturated carbocycles. The van der Waals surface area contributed by atoms with Crippen molar-refractivity contribution in [3.63, 3.8) is 0 Å². The molecule has 0 bridgehead atoms. The normalized spacial score (nSPS) is 20.6. The maximum atomic E-state index is 12.7. The molecule has 1 amide bonds. The first-order valence-corrected chi connectivity index (χ1v) is 8.87. The van der Waals surface area contributed by atoms with Gasteiger partial charge in [-0.3, -0.25) is 14.5 Å². The summed E-state index contributed by atoms with van der Waals surface area (Å²) in [6.45, 7) is 9.64. The van der Waals surface area contributed by atoms with Crippen LogP contribution in [0.3, 0.4) is 0 Å². The quantitative estimate of drug-likeness (QED) is 0.874. The SMILES string of the molecule is CC(C)N1CCN(C(=O)C2CCN(c3cn[nH]c(=O)c3)CC2)CC1. The highest BCUT2D eigenvalue weighted by atomic mass is 16.2. The van der Waals surface area contributed by atoms with Gasteiger partial charge in [-0.25, -0.2) is 5.10 Å². The second kappa shape index (κ2) is 7.34. The van der Waals surface area contributed by atoms with Gasteiger partial charge in [0, 0.05) is 57.3 Å². The highest BCUT2D eigenvalue weighted by molar-refractivity contribution is 5.79. The summed E-state index contributed by atoms with van der Waals surface area (Å²) in [7, 11) is 0. The predicted octanol–water partition coefficient (Wildman–Crippen LogP) is 0.539. The van der Waals surface area contributed by atoms with E-state index in [1.54, 1.807) is 12.3 Å². The first kappa shape index (κ1) is 17.0. The van der Waals surface area contributed by atoms with Crippen LogP contribution in [0.25, 0.3) is 0 Å². The average molecular weight is 333 g/mol. The molecule has 7 heteroatoms. The fourth-order valence-electron chi connectivity index (χ4n) is 3.64. The summed E-state index contributed by atoms with van der Waals surface area (Å²) >= 11 is 0. The molecule has 0 spiro atoms. The Hall–Kier alpha value is -1.89. The van der Waals surface area contributed by atoms with E-state index in [2.05, 4.69) is 33.8 Å². The lowest BCUT2D eigenvalue weighted by atomic mass is 9.94. The summed E-state index contributed by atoms with van der Waals surface area (Å²) in [4.78, 5) is 30.7. The molecule has 132 valence electrons. The van der Waals surface area contributed by atoms with E-state index in [0.29, 0.717) is 11.9 Å². The lowest BCUT2D eigenvalue weighted by molar-refractivity contribution is -0.138. The van der Waals surface area contributed by atoms with Crippen LogP contribution in [-0.2, 0) is 4.79 Å². The standard InChI is InChI=1S/C17H27N5O2/c1-13(2)20-7-9-22(10-8-20)17(24)14-3-5-21(6-4-14)15-11-16(23)19-18-12-15/h11-14H,3-10H2,1-2H3,(H,19,23). The molecule has 0 aliphatic carbocycles. The number of aromatic nitrogens is 2. The number of carbonyl (C=O) groups excluding carboxylic acids is 1. The number of hydrogen-bond acceptors (Lipinski definition) is 5. The van der Waals surface area contributed by atoms with E-state index in [9.17, 15) is 9.59 Å². The summed E-state index contributed by atoms with van der Waals surface area (Å²) in [6, 6.07) is 2.12. The minimum absolute atomic E-state index is 0.113. The van der Waals surface area contributed by atoms with Crippen molar-refractivity contribution in [2.45, 2.75) is 32.7 Å². The number of rotatable bonds is 3. The highest BCUT2D eigenvalue weighted by Crippen LogP contribution is 2.24. The molecule has 7 nitrogen and oxygen atoms in total. The molecule has 0 unspecified atom stereocenters. The zero-order valence-corrected chi connectivity index (χ0v) is 14.6. The number of hydrogen-bond donors (Lipinski definition) is 1. The smallest absolute Gasteiger partial charge is 0.266 e. The molecule has 1 aromatic heterocycles. The lowest BCUT2D eigenvalue weighted by Crippen LogP contribution is -2.53. The number of H-pyrrole nitrogens is 1. The number of piperazine rings is 1. The summed E-state index contributed by atoms with van der Waals surface area (Å²) in [5.41, 5.74) is 0.656. The van der Waals surface area contributed by atoms with Gasteiger partial charge in [0.15, 0.2) is 0 Å². The first-order chi connectivity index (χ1) is 11.5. The number of anilines is 1. The predicted molar refractivity (Wildman–Crippen MR) is 93.1 cm³/mol. The van der Waals surface area contributed by atoms with Gasteiger partial charge in [0.2, 0.25) is 5.91 Å². The van der Waals surface area contributed by atoms with Crippen molar-refractivity contribution in [3.8, 4) is 0 Å². The lowest BCUT2D eigenvalue weighted by Gasteiger charge is -2.40. The van der Waals surface area contributed by atoms with Crippen LogP contribution in [0, 0.1) is 5.92 Å². The number of piperidine rings is 1. The van der Waals surface area contributed by atoms with Gasteiger partial charge in [0.1, 0.15) is 0 Å². The zero-order valence-electron chi connectivity index (χ0n) is 14.6. The molecule has 24 heavy (non-hydrogen) atoms. The number of nitrogens with one attached hydrogen (secondary N) is 1. The van der Waals surface area contributed by atoms with E-state index >= 15 is 0 Å². The third-order valence-electron chi connectivity index (χ3n) is 5.22. The minimum atomic E-state index is -0.186. The van der Waals surface area contributed by atoms with Gasteiger partial charge in [-0.1, -0.05) is 0 Å². The average Bonchev–Trinajstić information content (AvgIpc) is 2.61. The molecule has 3 rings (SSSR count). The highest BCUT2D eigenvalue weighted by Gasteiger charge is 2.30. The Morgan fingerprint density at radius 2 is 1.83 bits per heavy atom. The van der Waals surface area contributed by atoms with Crippen molar-refractivity contribution in [3.05, 3.63) is 22.6 Å². The molecule has 2 aliphatic heterocycles. The van der Waals surface area contributed by atoms with Crippen LogP contribution in [0.1, 0.15) is 26.7 Å². The van der Waals surface area contributed by atoms with Gasteiger partial charge >= 0.3 is 0 Å². The van der Waals surface area contributed by atoms with Crippen LogP contribution in [-0.4, -0.2) is 71.2 Å². The summed E-state index contributed by atoms with van der Waals surface area (Å²) in [5, 5.41) is 6.24. The fourth-order valence-corrected chi connectivity index (χ4v) is 3.64. The molecular formula is C17H27N5O2. The molecule has 2 fully saturated rings. The monoisotopic (exact) mass is 333 g/mol. The van der Waals surface area contributed by atoms with Gasteiger partial charge < -0.3 is 9.80 Å². The third kappa shape index (κ3) is 3.77. The van der Waals surface area contributed by atoms with E-state index in [4.69, 9.17) is 0 Å². The van der Waals surface area contributed by atoms with Crippen LogP contribution in [0.2, 0.25) is 0 Å². The molecule has 0 aromatic carbocycles. The third-order valence-corrected chi connectivity index (χ3v) is 5.22. The first-order valence-electron chi connectivity index (χ1n) is 8.87. The van der Waals surface area contributed by atoms with Crippen LogP contribution >= 0.6 is 0 Å². The van der Waals surface area contributed by atoms with Crippen molar-refractivity contribution >= 4 is 11.6 Å².